The molecule has 0 spiro atoms. The normalized spacial score (nSPS) is 26.3. The van der Waals surface area contributed by atoms with Crippen molar-refractivity contribution in [3.63, 3.8) is 0 Å². The van der Waals surface area contributed by atoms with Gasteiger partial charge in [0.2, 0.25) is 0 Å². The fourth-order valence-electron chi connectivity index (χ4n) is 5.09. The Bertz CT molecular complexity index is 1120. The standard InChI is InChI=1S/C25H32N6O4/c32-25(15-34-16-25)17-13-28-24(29-14-17)30-18-1-3-20(4-2-18)35-22-12-19(31-7-9-33-10-8-31)11-21-23(22)27-6-5-26-21/h5-6,11-13,18,20,32H,1-4,7-10,14-16H2,(H2,28,29,30)/t18-,20+. The lowest BCUT2D eigenvalue weighted by Gasteiger charge is -2.39. The number of hydrogen-bond donors (Lipinski definition) is 3. The zero-order valence-electron chi connectivity index (χ0n) is 19.8. The number of fused-ring (bicyclic) bond motifs is 1. The molecule has 0 unspecified atom stereocenters. The zero-order chi connectivity index (χ0) is 23.7. The molecular formula is C25H32N6O4. The van der Waals surface area contributed by atoms with Crippen LogP contribution in [0.5, 0.6) is 5.75 Å². The van der Waals surface area contributed by atoms with Crippen LogP contribution in [0.25, 0.3) is 11.0 Å². The predicted molar refractivity (Wildman–Crippen MR) is 132 cm³/mol. The first-order valence-corrected chi connectivity index (χ1v) is 12.5. The van der Waals surface area contributed by atoms with Crippen molar-refractivity contribution >= 4 is 22.7 Å². The molecule has 0 amide bonds. The maximum atomic E-state index is 10.4. The Balaban J connectivity index is 1.08. The topological polar surface area (TPSA) is 113 Å². The van der Waals surface area contributed by atoms with Crippen molar-refractivity contribution in [1.82, 2.24) is 20.6 Å². The molecule has 3 N–H and O–H groups in total. The van der Waals surface area contributed by atoms with Gasteiger partial charge in [0.05, 0.1) is 38.0 Å². The van der Waals surface area contributed by atoms with E-state index in [9.17, 15) is 5.11 Å². The van der Waals surface area contributed by atoms with E-state index in [1.807, 2.05) is 0 Å². The first-order chi connectivity index (χ1) is 17.2. The Labute approximate surface area is 204 Å². The van der Waals surface area contributed by atoms with Crippen LogP contribution in [0.2, 0.25) is 0 Å². The van der Waals surface area contributed by atoms with Crippen LogP contribution >= 0.6 is 0 Å². The third-order valence-corrected chi connectivity index (χ3v) is 7.28. The number of nitrogens with zero attached hydrogens (tertiary/aromatic N) is 4. The van der Waals surface area contributed by atoms with Gasteiger partial charge in [-0.3, -0.25) is 4.98 Å². The van der Waals surface area contributed by atoms with Gasteiger partial charge in [-0.1, -0.05) is 0 Å². The third kappa shape index (κ3) is 4.78. The molecule has 1 aromatic heterocycles. The highest BCUT2D eigenvalue weighted by molar-refractivity contribution is 5.85. The Morgan fingerprint density at radius 3 is 2.57 bits per heavy atom. The number of aliphatic imine (C=N–C) groups is 1. The van der Waals surface area contributed by atoms with E-state index in [0.29, 0.717) is 25.8 Å². The van der Waals surface area contributed by atoms with Gasteiger partial charge in [-0.2, -0.15) is 0 Å². The van der Waals surface area contributed by atoms with Gasteiger partial charge < -0.3 is 34.9 Å². The molecule has 2 saturated heterocycles. The van der Waals surface area contributed by atoms with Crippen LogP contribution in [0.1, 0.15) is 25.7 Å². The average Bonchev–Trinajstić information content (AvgIpc) is 2.89. The fraction of sp³-hybridized carbons (Fsp3) is 0.560. The van der Waals surface area contributed by atoms with Gasteiger partial charge in [0.15, 0.2) is 5.96 Å². The van der Waals surface area contributed by atoms with E-state index in [0.717, 1.165) is 86.0 Å². The molecule has 35 heavy (non-hydrogen) atoms. The molecule has 0 atom stereocenters. The van der Waals surface area contributed by atoms with Crippen LogP contribution in [0.15, 0.2) is 41.3 Å². The summed E-state index contributed by atoms with van der Waals surface area (Å²) in [5.74, 6) is 1.57. The number of anilines is 1. The summed E-state index contributed by atoms with van der Waals surface area (Å²) < 4.78 is 17.2. The summed E-state index contributed by atoms with van der Waals surface area (Å²) in [6.07, 6.45) is 9.24. The molecule has 3 fully saturated rings. The van der Waals surface area contributed by atoms with Crippen LogP contribution in [-0.4, -0.2) is 84.8 Å². The average molecular weight is 481 g/mol. The van der Waals surface area contributed by atoms with Crippen LogP contribution in [0.4, 0.5) is 5.69 Å². The summed E-state index contributed by atoms with van der Waals surface area (Å²) >= 11 is 0. The van der Waals surface area contributed by atoms with Crippen molar-refractivity contribution in [2.75, 3.05) is 51.0 Å². The molecule has 0 bridgehead atoms. The number of aliphatic hydroxyl groups is 1. The summed E-state index contributed by atoms with van der Waals surface area (Å²) in [5.41, 5.74) is 2.80. The van der Waals surface area contributed by atoms with Crippen molar-refractivity contribution in [3.05, 3.63) is 36.3 Å². The minimum absolute atomic E-state index is 0.138. The van der Waals surface area contributed by atoms with Crippen LogP contribution in [0.3, 0.4) is 0 Å². The lowest BCUT2D eigenvalue weighted by Crippen LogP contribution is -2.55. The monoisotopic (exact) mass is 480 g/mol. The van der Waals surface area contributed by atoms with E-state index in [4.69, 9.17) is 14.2 Å². The van der Waals surface area contributed by atoms with Crippen molar-refractivity contribution in [1.29, 1.82) is 0 Å². The summed E-state index contributed by atoms with van der Waals surface area (Å²) in [7, 11) is 0. The lowest BCUT2D eigenvalue weighted by molar-refractivity contribution is -0.155. The van der Waals surface area contributed by atoms with Crippen LogP contribution < -0.4 is 20.3 Å². The second-order valence-corrected chi connectivity index (χ2v) is 9.71. The van der Waals surface area contributed by atoms with E-state index in [1.54, 1.807) is 18.6 Å². The largest absolute Gasteiger partial charge is 0.488 e. The van der Waals surface area contributed by atoms with Crippen molar-refractivity contribution in [2.24, 2.45) is 4.99 Å². The Hall–Kier alpha value is -2.95. The Kier molecular flexibility index (Phi) is 6.17. The maximum Gasteiger partial charge on any atom is 0.196 e. The third-order valence-electron chi connectivity index (χ3n) is 7.28. The molecule has 1 aromatic carbocycles. The van der Waals surface area contributed by atoms with Gasteiger partial charge in [-0.05, 0) is 31.7 Å². The molecular weight excluding hydrogens is 448 g/mol. The molecule has 0 radical (unpaired) electrons. The SMILES string of the molecule is OC1(C2=CN=C(N[C@H]3CC[C@@H](Oc4cc(N5CCOCC5)cc5nccnc45)CC3)NC2)COC1. The number of hydrogen-bond acceptors (Lipinski definition) is 10. The molecule has 1 saturated carbocycles. The highest BCUT2D eigenvalue weighted by Gasteiger charge is 2.40. The molecule has 2 aromatic rings. The molecule has 10 nitrogen and oxygen atoms in total. The number of nitrogens with one attached hydrogen (secondary N) is 2. The van der Waals surface area contributed by atoms with E-state index in [-0.39, 0.29) is 6.10 Å². The Morgan fingerprint density at radius 1 is 1.06 bits per heavy atom. The second kappa shape index (κ2) is 9.60. The fourth-order valence-corrected chi connectivity index (χ4v) is 5.09. The van der Waals surface area contributed by atoms with E-state index in [1.165, 1.54) is 0 Å². The van der Waals surface area contributed by atoms with Gasteiger partial charge >= 0.3 is 0 Å². The maximum absolute atomic E-state index is 10.4. The lowest BCUT2D eigenvalue weighted by atomic mass is 9.91. The van der Waals surface area contributed by atoms with E-state index < -0.39 is 5.60 Å². The minimum Gasteiger partial charge on any atom is -0.488 e. The van der Waals surface area contributed by atoms with Gasteiger partial charge in [0, 0.05) is 61.6 Å². The number of aromatic nitrogens is 2. The van der Waals surface area contributed by atoms with Crippen molar-refractivity contribution < 1.29 is 19.3 Å². The zero-order valence-corrected chi connectivity index (χ0v) is 19.8. The van der Waals surface area contributed by atoms with Crippen molar-refractivity contribution in [3.8, 4) is 5.75 Å². The summed E-state index contributed by atoms with van der Waals surface area (Å²) in [6.45, 7) is 4.47. The molecule has 3 aliphatic heterocycles. The number of rotatable bonds is 5. The number of morpholine rings is 1. The summed E-state index contributed by atoms with van der Waals surface area (Å²) in [6, 6.07) is 4.54. The molecule has 6 rings (SSSR count). The summed E-state index contributed by atoms with van der Waals surface area (Å²) in [5, 5.41) is 17.2. The highest BCUT2D eigenvalue weighted by atomic mass is 16.5. The summed E-state index contributed by atoms with van der Waals surface area (Å²) in [4.78, 5) is 15.9. The number of benzene rings is 1. The minimum atomic E-state index is -0.856. The van der Waals surface area contributed by atoms with Gasteiger partial charge in [-0.25, -0.2) is 9.98 Å². The molecule has 10 heteroatoms. The van der Waals surface area contributed by atoms with Crippen molar-refractivity contribution in [2.45, 2.75) is 43.4 Å². The first kappa shape index (κ1) is 22.5. The Morgan fingerprint density at radius 2 is 1.86 bits per heavy atom. The van der Waals surface area contributed by atoms with E-state index >= 15 is 0 Å². The van der Waals surface area contributed by atoms with Crippen LogP contribution in [0, 0.1) is 0 Å². The van der Waals surface area contributed by atoms with Gasteiger partial charge in [-0.15, -0.1) is 0 Å². The quantitative estimate of drug-likeness (QED) is 0.584. The van der Waals surface area contributed by atoms with Gasteiger partial charge in [0.1, 0.15) is 16.9 Å². The first-order valence-electron chi connectivity index (χ1n) is 12.5. The van der Waals surface area contributed by atoms with Crippen LogP contribution in [-0.2, 0) is 9.47 Å². The second-order valence-electron chi connectivity index (χ2n) is 9.71. The highest BCUT2D eigenvalue weighted by Crippen LogP contribution is 2.33. The molecule has 1 aliphatic carbocycles. The molecule has 186 valence electrons. The molecule has 4 aliphatic rings. The number of guanidine groups is 1. The van der Waals surface area contributed by atoms with E-state index in [2.05, 4.69) is 42.6 Å². The molecule has 4 heterocycles. The predicted octanol–water partition coefficient (Wildman–Crippen LogP) is 1.35. The number of ether oxygens (including phenoxy) is 3. The van der Waals surface area contributed by atoms with Gasteiger partial charge in [0.25, 0.3) is 0 Å². The smallest absolute Gasteiger partial charge is 0.196 e.